The standard InChI is InChI=1S/C10H19F3O/c1-2-3-4-5-6-7-8-14-10(12,13)9-11/h2-9H2,1H3. The van der Waals surface area contributed by atoms with E-state index >= 15 is 0 Å². The molecule has 0 radical (unpaired) electrons. The highest BCUT2D eigenvalue weighted by Gasteiger charge is 2.29. The van der Waals surface area contributed by atoms with Gasteiger partial charge in [-0.15, -0.1) is 0 Å². The molecule has 0 saturated carbocycles. The van der Waals surface area contributed by atoms with Gasteiger partial charge in [-0.1, -0.05) is 39.0 Å². The molecule has 0 aromatic heterocycles. The minimum atomic E-state index is -3.58. The Bertz CT molecular complexity index is 129. The summed E-state index contributed by atoms with van der Waals surface area (Å²) in [5.74, 6) is 0. The van der Waals surface area contributed by atoms with E-state index in [2.05, 4.69) is 11.7 Å². The molecule has 0 unspecified atom stereocenters. The number of halogens is 3. The molecule has 0 rings (SSSR count). The minimum Gasteiger partial charge on any atom is -0.318 e. The zero-order valence-corrected chi connectivity index (χ0v) is 8.70. The van der Waals surface area contributed by atoms with Crippen molar-refractivity contribution in [3.63, 3.8) is 0 Å². The molecular formula is C10H19F3O. The Balaban J connectivity index is 3.13. The van der Waals surface area contributed by atoms with Gasteiger partial charge in [-0.05, 0) is 6.42 Å². The summed E-state index contributed by atoms with van der Waals surface area (Å²) in [5.41, 5.74) is 0. The van der Waals surface area contributed by atoms with Gasteiger partial charge in [0.05, 0.1) is 6.61 Å². The van der Waals surface area contributed by atoms with E-state index in [-0.39, 0.29) is 6.61 Å². The summed E-state index contributed by atoms with van der Waals surface area (Å²) >= 11 is 0. The van der Waals surface area contributed by atoms with Crippen molar-refractivity contribution in [2.24, 2.45) is 0 Å². The van der Waals surface area contributed by atoms with Crippen LogP contribution in [0.4, 0.5) is 13.2 Å². The first-order chi connectivity index (χ1) is 6.62. The van der Waals surface area contributed by atoms with Gasteiger partial charge in [-0.3, -0.25) is 0 Å². The molecule has 0 heterocycles. The molecule has 0 aliphatic rings. The predicted molar refractivity (Wildman–Crippen MR) is 50.3 cm³/mol. The van der Waals surface area contributed by atoms with Gasteiger partial charge in [0.1, 0.15) is 0 Å². The molecule has 4 heteroatoms. The van der Waals surface area contributed by atoms with E-state index in [1.165, 1.54) is 6.42 Å². The van der Waals surface area contributed by atoms with E-state index in [9.17, 15) is 13.2 Å². The van der Waals surface area contributed by atoms with E-state index in [1.54, 1.807) is 0 Å². The van der Waals surface area contributed by atoms with Crippen LogP contribution in [0.3, 0.4) is 0 Å². The predicted octanol–water partition coefficient (Wildman–Crippen LogP) is 3.93. The number of hydrogen-bond acceptors (Lipinski definition) is 1. The highest BCUT2D eigenvalue weighted by molar-refractivity contribution is 4.49. The summed E-state index contributed by atoms with van der Waals surface area (Å²) in [6, 6.07) is 0. The molecule has 0 spiro atoms. The Labute approximate surface area is 83.6 Å². The average Bonchev–Trinajstić information content (AvgIpc) is 2.16. The Morgan fingerprint density at radius 3 is 2.14 bits per heavy atom. The second-order valence-electron chi connectivity index (χ2n) is 3.39. The van der Waals surface area contributed by atoms with Crippen LogP contribution in [0.5, 0.6) is 0 Å². The van der Waals surface area contributed by atoms with Gasteiger partial charge in [0.2, 0.25) is 0 Å². The molecule has 0 aliphatic carbocycles. The van der Waals surface area contributed by atoms with Crippen LogP contribution in [0.1, 0.15) is 45.4 Å². The normalized spacial score (nSPS) is 12.0. The largest absolute Gasteiger partial charge is 0.384 e. The van der Waals surface area contributed by atoms with Crippen molar-refractivity contribution in [1.29, 1.82) is 0 Å². The molecule has 1 nitrogen and oxygen atoms in total. The maximum atomic E-state index is 12.2. The molecule has 0 fully saturated rings. The van der Waals surface area contributed by atoms with Crippen molar-refractivity contribution in [2.75, 3.05) is 13.3 Å². The lowest BCUT2D eigenvalue weighted by Gasteiger charge is -2.12. The summed E-state index contributed by atoms with van der Waals surface area (Å²) in [6.45, 7) is 0.330. The number of hydrogen-bond donors (Lipinski definition) is 0. The second kappa shape index (κ2) is 8.09. The summed E-state index contributed by atoms with van der Waals surface area (Å²) in [7, 11) is 0. The molecule has 0 saturated heterocycles. The van der Waals surface area contributed by atoms with Gasteiger partial charge < -0.3 is 4.74 Å². The van der Waals surface area contributed by atoms with Crippen LogP contribution in [0.15, 0.2) is 0 Å². The minimum absolute atomic E-state index is 0.0525. The van der Waals surface area contributed by atoms with Gasteiger partial charge in [0, 0.05) is 0 Å². The summed E-state index contributed by atoms with van der Waals surface area (Å²) in [5, 5.41) is 0. The van der Waals surface area contributed by atoms with Gasteiger partial charge in [0.25, 0.3) is 0 Å². The van der Waals surface area contributed by atoms with Crippen molar-refractivity contribution in [3.05, 3.63) is 0 Å². The molecule has 0 bridgehead atoms. The fourth-order valence-corrected chi connectivity index (χ4v) is 1.14. The molecule has 0 aromatic rings. The van der Waals surface area contributed by atoms with Crippen LogP contribution in [0, 0.1) is 0 Å². The van der Waals surface area contributed by atoms with E-state index in [0.717, 1.165) is 25.7 Å². The molecule has 0 N–H and O–H groups in total. The van der Waals surface area contributed by atoms with E-state index in [0.29, 0.717) is 6.42 Å². The van der Waals surface area contributed by atoms with Crippen LogP contribution >= 0.6 is 0 Å². The Morgan fingerprint density at radius 2 is 1.57 bits per heavy atom. The molecule has 86 valence electrons. The Hall–Kier alpha value is -0.250. The van der Waals surface area contributed by atoms with Gasteiger partial charge in [0.15, 0.2) is 6.67 Å². The van der Waals surface area contributed by atoms with E-state index < -0.39 is 12.8 Å². The third kappa shape index (κ3) is 8.35. The van der Waals surface area contributed by atoms with Gasteiger partial charge >= 0.3 is 6.11 Å². The van der Waals surface area contributed by atoms with Crippen LogP contribution in [-0.2, 0) is 4.74 Å². The summed E-state index contributed by atoms with van der Waals surface area (Å²) in [6.07, 6.45) is 2.40. The van der Waals surface area contributed by atoms with Crippen molar-refractivity contribution < 1.29 is 17.9 Å². The molecule has 0 amide bonds. The van der Waals surface area contributed by atoms with Crippen LogP contribution in [-0.4, -0.2) is 19.4 Å². The van der Waals surface area contributed by atoms with Gasteiger partial charge in [-0.25, -0.2) is 4.39 Å². The Morgan fingerprint density at radius 1 is 1.00 bits per heavy atom. The first kappa shape index (κ1) is 13.8. The third-order valence-electron chi connectivity index (χ3n) is 1.97. The van der Waals surface area contributed by atoms with Crippen LogP contribution in [0.25, 0.3) is 0 Å². The van der Waals surface area contributed by atoms with Crippen molar-refractivity contribution in [2.45, 2.75) is 51.6 Å². The monoisotopic (exact) mass is 212 g/mol. The van der Waals surface area contributed by atoms with Crippen LogP contribution in [0.2, 0.25) is 0 Å². The maximum Gasteiger partial charge on any atom is 0.384 e. The quantitative estimate of drug-likeness (QED) is 0.526. The number of rotatable bonds is 9. The molecule has 0 aromatic carbocycles. The zero-order valence-electron chi connectivity index (χ0n) is 8.70. The first-order valence-corrected chi connectivity index (χ1v) is 5.20. The highest BCUT2D eigenvalue weighted by Crippen LogP contribution is 2.16. The lowest BCUT2D eigenvalue weighted by Crippen LogP contribution is -2.23. The topological polar surface area (TPSA) is 9.23 Å². The molecule has 0 atom stereocenters. The van der Waals surface area contributed by atoms with Crippen molar-refractivity contribution in [1.82, 2.24) is 0 Å². The number of unbranched alkanes of at least 4 members (excludes halogenated alkanes) is 5. The van der Waals surface area contributed by atoms with E-state index in [4.69, 9.17) is 0 Å². The van der Waals surface area contributed by atoms with Gasteiger partial charge in [-0.2, -0.15) is 8.78 Å². The highest BCUT2D eigenvalue weighted by atomic mass is 19.3. The fourth-order valence-electron chi connectivity index (χ4n) is 1.14. The lowest BCUT2D eigenvalue weighted by molar-refractivity contribution is -0.246. The van der Waals surface area contributed by atoms with Crippen molar-refractivity contribution in [3.8, 4) is 0 Å². The van der Waals surface area contributed by atoms with Crippen molar-refractivity contribution >= 4 is 0 Å². The number of alkyl halides is 3. The first-order valence-electron chi connectivity index (χ1n) is 5.20. The fraction of sp³-hybridized carbons (Fsp3) is 1.00. The smallest absolute Gasteiger partial charge is 0.318 e. The summed E-state index contributed by atoms with van der Waals surface area (Å²) in [4.78, 5) is 0. The SMILES string of the molecule is CCCCCCCCOC(F)(F)CF. The summed E-state index contributed by atoms with van der Waals surface area (Å²) < 4.78 is 40.0. The lowest BCUT2D eigenvalue weighted by atomic mass is 10.1. The molecular weight excluding hydrogens is 193 g/mol. The number of ether oxygens (including phenoxy) is 1. The van der Waals surface area contributed by atoms with Crippen LogP contribution < -0.4 is 0 Å². The average molecular weight is 212 g/mol. The zero-order chi connectivity index (χ0) is 10.9. The molecule has 0 aliphatic heterocycles. The molecule has 14 heavy (non-hydrogen) atoms. The second-order valence-corrected chi connectivity index (χ2v) is 3.39. The maximum absolute atomic E-state index is 12.2. The van der Waals surface area contributed by atoms with E-state index in [1.807, 2.05) is 0 Å². The third-order valence-corrected chi connectivity index (χ3v) is 1.97. The Kier molecular flexibility index (Phi) is 7.95.